The largest absolute Gasteiger partial charge is 0.493 e. The molecule has 27 heavy (non-hydrogen) atoms. The quantitative estimate of drug-likeness (QED) is 0.667. The second kappa shape index (κ2) is 7.75. The molecule has 1 unspecified atom stereocenters. The first-order valence-electron chi connectivity index (χ1n) is 8.62. The smallest absolute Gasteiger partial charge is 0.274 e. The van der Waals surface area contributed by atoms with Crippen LogP contribution in [0.15, 0.2) is 18.2 Å². The number of aromatic amines is 1. The van der Waals surface area contributed by atoms with Crippen LogP contribution in [0.5, 0.6) is 11.5 Å². The van der Waals surface area contributed by atoms with Crippen molar-refractivity contribution in [3.63, 3.8) is 0 Å². The number of hydrogen-bond acceptors (Lipinski definition) is 5. The number of carbonyl (C=O) groups excluding carboxylic acids is 1. The average Bonchev–Trinajstić information content (AvgIpc) is 3.07. The maximum absolute atomic E-state index is 12.9. The third-order valence-electron chi connectivity index (χ3n) is 4.73. The molecule has 1 atom stereocenters. The van der Waals surface area contributed by atoms with Crippen LogP contribution in [-0.2, 0) is 10.2 Å². The molecule has 0 spiro atoms. The summed E-state index contributed by atoms with van der Waals surface area (Å²) < 4.78 is 35.1. The Balaban J connectivity index is 1.76. The molecule has 0 aliphatic carbocycles. The SMILES string of the molecule is COc1cc2cc(C(=O)N3CCCC(CNS(N)(=O)=O)C3)[nH]c2cc1OC. The van der Waals surface area contributed by atoms with Crippen LogP contribution in [0.25, 0.3) is 10.9 Å². The molecule has 1 fully saturated rings. The number of amides is 1. The maximum atomic E-state index is 12.9. The summed E-state index contributed by atoms with van der Waals surface area (Å²) >= 11 is 0. The third kappa shape index (κ3) is 4.52. The molecule has 0 bridgehead atoms. The Bertz CT molecular complexity index is 899. The highest BCUT2D eigenvalue weighted by Crippen LogP contribution is 2.32. The van der Waals surface area contributed by atoms with Gasteiger partial charge in [0.2, 0.25) is 0 Å². The standard InChI is InChI=1S/C17H24N4O5S/c1-25-15-7-12-6-14(20-13(12)8-16(15)26-2)17(22)21-5-3-4-11(10-21)9-19-27(18,23)24/h6-8,11,19-20H,3-5,9-10H2,1-2H3,(H2,18,23,24). The van der Waals surface area contributed by atoms with Crippen LogP contribution in [0.3, 0.4) is 0 Å². The van der Waals surface area contributed by atoms with Crippen molar-refractivity contribution in [2.24, 2.45) is 11.1 Å². The van der Waals surface area contributed by atoms with E-state index in [1.165, 1.54) is 0 Å². The van der Waals surface area contributed by atoms with E-state index in [4.69, 9.17) is 14.6 Å². The van der Waals surface area contributed by atoms with E-state index in [1.807, 2.05) is 6.07 Å². The number of methoxy groups -OCH3 is 2. The van der Waals surface area contributed by atoms with Crippen LogP contribution < -0.4 is 19.3 Å². The number of likely N-dealkylation sites (tertiary alicyclic amines) is 1. The van der Waals surface area contributed by atoms with Crippen molar-refractivity contribution in [3.8, 4) is 11.5 Å². The molecule has 0 saturated carbocycles. The van der Waals surface area contributed by atoms with Gasteiger partial charge >= 0.3 is 0 Å². The van der Waals surface area contributed by atoms with E-state index in [9.17, 15) is 13.2 Å². The molecule has 148 valence electrons. The monoisotopic (exact) mass is 396 g/mol. The maximum Gasteiger partial charge on any atom is 0.274 e. The van der Waals surface area contributed by atoms with Crippen LogP contribution in [0.1, 0.15) is 23.3 Å². The Kier molecular flexibility index (Phi) is 5.59. The number of hydrogen-bond donors (Lipinski definition) is 3. The first kappa shape index (κ1) is 19.5. The van der Waals surface area contributed by atoms with Crippen LogP contribution in [0.2, 0.25) is 0 Å². The van der Waals surface area contributed by atoms with E-state index in [1.54, 1.807) is 31.3 Å². The van der Waals surface area contributed by atoms with Gasteiger partial charge in [0.05, 0.1) is 14.2 Å². The van der Waals surface area contributed by atoms with Gasteiger partial charge in [0.15, 0.2) is 11.5 Å². The van der Waals surface area contributed by atoms with Gasteiger partial charge in [-0.3, -0.25) is 4.79 Å². The van der Waals surface area contributed by atoms with E-state index in [0.29, 0.717) is 30.3 Å². The number of fused-ring (bicyclic) bond motifs is 1. The molecule has 0 radical (unpaired) electrons. The number of nitrogens with one attached hydrogen (secondary N) is 2. The number of benzene rings is 1. The summed E-state index contributed by atoms with van der Waals surface area (Å²) in [6.07, 6.45) is 1.65. The summed E-state index contributed by atoms with van der Waals surface area (Å²) in [5.41, 5.74) is 1.25. The Labute approximate surface area is 158 Å². The summed E-state index contributed by atoms with van der Waals surface area (Å²) in [5, 5.41) is 5.83. The molecule has 4 N–H and O–H groups in total. The van der Waals surface area contributed by atoms with Crippen molar-refractivity contribution in [2.45, 2.75) is 12.8 Å². The van der Waals surface area contributed by atoms with Crippen molar-refractivity contribution >= 4 is 27.0 Å². The highest BCUT2D eigenvalue weighted by molar-refractivity contribution is 7.87. The minimum absolute atomic E-state index is 0.0330. The number of nitrogens with zero attached hydrogens (tertiary/aromatic N) is 1. The number of nitrogens with two attached hydrogens (primary N) is 1. The van der Waals surface area contributed by atoms with Gasteiger partial charge in [-0.1, -0.05) is 0 Å². The lowest BCUT2D eigenvalue weighted by Gasteiger charge is -2.32. The van der Waals surface area contributed by atoms with Gasteiger partial charge in [-0.05, 0) is 30.9 Å². The lowest BCUT2D eigenvalue weighted by atomic mass is 9.98. The minimum Gasteiger partial charge on any atom is -0.493 e. The lowest BCUT2D eigenvalue weighted by Crippen LogP contribution is -2.44. The molecular formula is C17H24N4O5S. The molecule has 1 saturated heterocycles. The molecule has 9 nitrogen and oxygen atoms in total. The molecule has 2 aromatic rings. The van der Waals surface area contributed by atoms with Crippen molar-refractivity contribution in [1.29, 1.82) is 0 Å². The summed E-state index contributed by atoms with van der Waals surface area (Å²) in [4.78, 5) is 17.8. The fourth-order valence-corrected chi connectivity index (χ4v) is 3.86. The zero-order valence-electron chi connectivity index (χ0n) is 15.3. The van der Waals surface area contributed by atoms with E-state index >= 15 is 0 Å². The van der Waals surface area contributed by atoms with Crippen LogP contribution in [0.4, 0.5) is 0 Å². The number of H-pyrrole nitrogens is 1. The summed E-state index contributed by atoms with van der Waals surface area (Å²) in [5.74, 6) is 1.09. The zero-order valence-corrected chi connectivity index (χ0v) is 16.1. The molecule has 1 aliphatic heterocycles. The van der Waals surface area contributed by atoms with Gasteiger partial charge in [0, 0.05) is 36.6 Å². The fourth-order valence-electron chi connectivity index (χ4n) is 3.39. The molecule has 3 rings (SSSR count). The Morgan fingerprint density at radius 1 is 1.30 bits per heavy atom. The van der Waals surface area contributed by atoms with Crippen LogP contribution >= 0.6 is 0 Å². The Hall–Kier alpha value is -2.30. The van der Waals surface area contributed by atoms with Gasteiger partial charge in [-0.2, -0.15) is 8.42 Å². The van der Waals surface area contributed by atoms with Crippen molar-refractivity contribution in [1.82, 2.24) is 14.6 Å². The first-order valence-corrected chi connectivity index (χ1v) is 10.2. The van der Waals surface area contributed by atoms with Gasteiger partial charge < -0.3 is 19.4 Å². The zero-order chi connectivity index (χ0) is 19.6. The lowest BCUT2D eigenvalue weighted by molar-refractivity contribution is 0.0671. The van der Waals surface area contributed by atoms with Gasteiger partial charge in [0.1, 0.15) is 5.69 Å². The molecule has 1 aromatic carbocycles. The van der Waals surface area contributed by atoms with Gasteiger partial charge in [0.25, 0.3) is 16.1 Å². The molecular weight excluding hydrogens is 372 g/mol. The van der Waals surface area contributed by atoms with E-state index in [2.05, 4.69) is 9.71 Å². The van der Waals surface area contributed by atoms with Gasteiger partial charge in [-0.15, -0.1) is 0 Å². The summed E-state index contributed by atoms with van der Waals surface area (Å²) in [7, 11) is -0.608. The highest BCUT2D eigenvalue weighted by atomic mass is 32.2. The van der Waals surface area contributed by atoms with Gasteiger partial charge in [-0.25, -0.2) is 9.86 Å². The molecule has 1 aliphatic rings. The third-order valence-corrected chi connectivity index (χ3v) is 5.30. The topological polar surface area (TPSA) is 127 Å². The van der Waals surface area contributed by atoms with Crippen LogP contribution in [0, 0.1) is 5.92 Å². The number of rotatable bonds is 6. The predicted octanol–water partition coefficient (Wildman–Crippen LogP) is 0.830. The summed E-state index contributed by atoms with van der Waals surface area (Å²) in [6, 6.07) is 5.39. The van der Waals surface area contributed by atoms with E-state index in [-0.39, 0.29) is 18.4 Å². The molecule has 2 heterocycles. The van der Waals surface area contributed by atoms with Crippen molar-refractivity contribution < 1.29 is 22.7 Å². The normalized spacial score (nSPS) is 17.9. The van der Waals surface area contributed by atoms with E-state index < -0.39 is 10.2 Å². The van der Waals surface area contributed by atoms with Crippen molar-refractivity contribution in [2.75, 3.05) is 33.9 Å². The predicted molar refractivity (Wildman–Crippen MR) is 101 cm³/mol. The number of aromatic nitrogens is 1. The first-order chi connectivity index (χ1) is 12.8. The second-order valence-corrected chi connectivity index (χ2v) is 8.01. The Morgan fingerprint density at radius 2 is 2.00 bits per heavy atom. The molecule has 1 aromatic heterocycles. The minimum atomic E-state index is -3.73. The summed E-state index contributed by atoms with van der Waals surface area (Å²) in [6.45, 7) is 1.33. The van der Waals surface area contributed by atoms with Crippen molar-refractivity contribution in [3.05, 3.63) is 23.9 Å². The number of carbonyl (C=O) groups is 1. The second-order valence-electron chi connectivity index (χ2n) is 6.63. The number of ether oxygens (including phenoxy) is 2. The fraction of sp³-hybridized carbons (Fsp3) is 0.471. The van der Waals surface area contributed by atoms with E-state index in [0.717, 1.165) is 23.7 Å². The molecule has 1 amide bonds. The van der Waals surface area contributed by atoms with Crippen LogP contribution in [-0.4, -0.2) is 58.1 Å². The molecule has 10 heteroatoms. The Morgan fingerprint density at radius 3 is 2.67 bits per heavy atom. The number of piperidine rings is 1. The highest BCUT2D eigenvalue weighted by Gasteiger charge is 2.26. The average molecular weight is 396 g/mol.